The number of thiocarbonyl (C=S) groups is 1. The first-order valence-electron chi connectivity index (χ1n) is 9.86. The van der Waals surface area contributed by atoms with Crippen LogP contribution in [-0.4, -0.2) is 27.6 Å². The molecule has 3 aromatic carbocycles. The molecule has 1 fully saturated rings. The Bertz CT molecular complexity index is 1140. The fraction of sp³-hybridized carbons (Fsp3) is 0.0800. The number of amides is 2. The van der Waals surface area contributed by atoms with Gasteiger partial charge in [0.2, 0.25) is 5.91 Å². The van der Waals surface area contributed by atoms with Gasteiger partial charge in [-0.15, -0.1) is 0 Å². The predicted octanol–water partition coefficient (Wildman–Crippen LogP) is 5.58. The number of benzene rings is 3. The van der Waals surface area contributed by atoms with Crippen LogP contribution < -0.4 is 5.32 Å². The number of hydrogen-bond donors (Lipinski definition) is 1. The van der Waals surface area contributed by atoms with Crippen LogP contribution in [0.25, 0.3) is 17.2 Å². The van der Waals surface area contributed by atoms with E-state index in [0.29, 0.717) is 9.23 Å². The van der Waals surface area contributed by atoms with E-state index in [2.05, 4.69) is 23.5 Å². The smallest absolute Gasteiger partial charge is 0.266 e. The summed E-state index contributed by atoms with van der Waals surface area (Å²) in [7, 11) is 0. The molecule has 0 radical (unpaired) electrons. The highest BCUT2D eigenvalue weighted by Crippen LogP contribution is 2.33. The van der Waals surface area contributed by atoms with E-state index in [1.165, 1.54) is 16.7 Å². The second kappa shape index (κ2) is 9.73. The fourth-order valence-corrected chi connectivity index (χ4v) is 4.55. The van der Waals surface area contributed by atoms with E-state index in [0.717, 1.165) is 22.4 Å². The van der Waals surface area contributed by atoms with Crippen LogP contribution in [0, 0.1) is 0 Å². The summed E-state index contributed by atoms with van der Waals surface area (Å²) in [5, 5.41) is 2.83. The summed E-state index contributed by atoms with van der Waals surface area (Å²) in [5.41, 5.74) is 3.87. The third-order valence-electron chi connectivity index (χ3n) is 4.79. The SMILES string of the molecule is O=C(CCN1C(=O)/C(=C/c2cccc(-c3ccccc3)c2)SC1=S)Nc1ccccc1. The van der Waals surface area contributed by atoms with Gasteiger partial charge in [-0.2, -0.15) is 0 Å². The standard InChI is InChI=1S/C25H20N2O2S2/c28-23(26-21-12-5-2-6-13-21)14-15-27-24(29)22(31-25(27)30)17-18-8-7-11-20(16-18)19-9-3-1-4-10-19/h1-13,16-17H,14-15H2,(H,26,28)/b22-17-. The fourth-order valence-electron chi connectivity index (χ4n) is 3.24. The second-order valence-corrected chi connectivity index (χ2v) is 8.66. The van der Waals surface area contributed by atoms with E-state index in [1.54, 1.807) is 0 Å². The van der Waals surface area contributed by atoms with Crippen LogP contribution >= 0.6 is 24.0 Å². The zero-order valence-electron chi connectivity index (χ0n) is 16.7. The van der Waals surface area contributed by atoms with Crippen LogP contribution in [0.3, 0.4) is 0 Å². The first kappa shape index (κ1) is 21.0. The molecule has 1 saturated heterocycles. The monoisotopic (exact) mass is 444 g/mol. The number of rotatable bonds is 6. The number of carbonyl (C=O) groups excluding carboxylic acids is 2. The van der Waals surface area contributed by atoms with E-state index in [4.69, 9.17) is 12.2 Å². The lowest BCUT2D eigenvalue weighted by Crippen LogP contribution is -2.31. The lowest BCUT2D eigenvalue weighted by atomic mass is 10.0. The maximum atomic E-state index is 12.9. The number of nitrogens with one attached hydrogen (secondary N) is 1. The van der Waals surface area contributed by atoms with Crippen molar-refractivity contribution >= 4 is 51.9 Å². The highest BCUT2D eigenvalue weighted by Gasteiger charge is 2.32. The molecule has 0 spiro atoms. The van der Waals surface area contributed by atoms with Gasteiger partial charge >= 0.3 is 0 Å². The Balaban J connectivity index is 1.42. The minimum absolute atomic E-state index is 0.153. The summed E-state index contributed by atoms with van der Waals surface area (Å²) in [6.45, 7) is 0.255. The van der Waals surface area contributed by atoms with E-state index in [-0.39, 0.29) is 24.8 Å². The lowest BCUT2D eigenvalue weighted by molar-refractivity contribution is -0.122. The average Bonchev–Trinajstić information content (AvgIpc) is 3.06. The molecule has 1 heterocycles. The van der Waals surface area contributed by atoms with Gasteiger partial charge in [-0.25, -0.2) is 0 Å². The van der Waals surface area contributed by atoms with Gasteiger partial charge in [-0.3, -0.25) is 14.5 Å². The molecule has 31 heavy (non-hydrogen) atoms. The highest BCUT2D eigenvalue weighted by atomic mass is 32.2. The molecule has 0 atom stereocenters. The Hall–Kier alpha value is -3.22. The topological polar surface area (TPSA) is 49.4 Å². The number of carbonyl (C=O) groups is 2. The molecule has 0 bridgehead atoms. The van der Waals surface area contributed by atoms with Gasteiger partial charge in [-0.1, -0.05) is 90.7 Å². The van der Waals surface area contributed by atoms with E-state index in [9.17, 15) is 9.59 Å². The average molecular weight is 445 g/mol. The molecule has 1 N–H and O–H groups in total. The van der Waals surface area contributed by atoms with Crippen molar-refractivity contribution in [1.82, 2.24) is 4.90 Å². The quantitative estimate of drug-likeness (QED) is 0.398. The van der Waals surface area contributed by atoms with Gasteiger partial charge in [0.1, 0.15) is 4.32 Å². The number of para-hydroxylation sites is 1. The Labute approximate surface area is 191 Å². The van der Waals surface area contributed by atoms with Crippen molar-refractivity contribution in [3.8, 4) is 11.1 Å². The molecule has 2 amide bonds. The van der Waals surface area contributed by atoms with Crippen LogP contribution in [0.5, 0.6) is 0 Å². The van der Waals surface area contributed by atoms with Crippen molar-refractivity contribution in [3.63, 3.8) is 0 Å². The first-order chi connectivity index (χ1) is 15.1. The minimum atomic E-state index is -0.160. The Morgan fingerprint density at radius 1 is 0.935 bits per heavy atom. The van der Waals surface area contributed by atoms with Gasteiger partial charge in [0.05, 0.1) is 4.91 Å². The van der Waals surface area contributed by atoms with Gasteiger partial charge in [0.25, 0.3) is 5.91 Å². The molecule has 0 saturated carbocycles. The number of nitrogens with zero attached hydrogens (tertiary/aromatic N) is 1. The molecular formula is C25H20N2O2S2. The first-order valence-corrected chi connectivity index (χ1v) is 11.1. The van der Waals surface area contributed by atoms with Crippen molar-refractivity contribution < 1.29 is 9.59 Å². The molecular weight excluding hydrogens is 424 g/mol. The zero-order valence-corrected chi connectivity index (χ0v) is 18.3. The maximum Gasteiger partial charge on any atom is 0.266 e. The van der Waals surface area contributed by atoms with Crippen LogP contribution in [0.4, 0.5) is 5.69 Å². The molecule has 0 aliphatic carbocycles. The minimum Gasteiger partial charge on any atom is -0.326 e. The van der Waals surface area contributed by atoms with Gasteiger partial charge in [0, 0.05) is 18.7 Å². The third kappa shape index (κ3) is 5.29. The largest absolute Gasteiger partial charge is 0.326 e. The van der Waals surface area contributed by atoms with Crippen molar-refractivity contribution in [2.24, 2.45) is 0 Å². The molecule has 4 nitrogen and oxygen atoms in total. The molecule has 154 valence electrons. The molecule has 0 unspecified atom stereocenters. The molecule has 0 aromatic heterocycles. The van der Waals surface area contributed by atoms with E-state index in [1.807, 2.05) is 72.8 Å². The molecule has 1 aliphatic rings. The lowest BCUT2D eigenvalue weighted by Gasteiger charge is -2.14. The Kier molecular flexibility index (Phi) is 6.60. The van der Waals surface area contributed by atoms with Crippen LogP contribution in [0.15, 0.2) is 89.8 Å². The third-order valence-corrected chi connectivity index (χ3v) is 6.16. The summed E-state index contributed by atoms with van der Waals surface area (Å²) in [4.78, 5) is 27.1. The summed E-state index contributed by atoms with van der Waals surface area (Å²) >= 11 is 6.66. The number of thioether (sulfide) groups is 1. The summed E-state index contributed by atoms with van der Waals surface area (Å²) in [5.74, 6) is -0.313. The Morgan fingerprint density at radius 2 is 1.61 bits per heavy atom. The zero-order chi connectivity index (χ0) is 21.6. The van der Waals surface area contributed by atoms with Gasteiger partial charge < -0.3 is 5.32 Å². The maximum absolute atomic E-state index is 12.9. The van der Waals surface area contributed by atoms with Gasteiger partial charge in [-0.05, 0) is 41.0 Å². The van der Waals surface area contributed by atoms with Crippen molar-refractivity contribution in [1.29, 1.82) is 0 Å². The van der Waals surface area contributed by atoms with E-state index < -0.39 is 0 Å². The van der Waals surface area contributed by atoms with Gasteiger partial charge in [0.15, 0.2) is 0 Å². The summed E-state index contributed by atoms with van der Waals surface area (Å²) in [6.07, 6.45) is 2.04. The van der Waals surface area contributed by atoms with Crippen molar-refractivity contribution in [2.45, 2.75) is 6.42 Å². The van der Waals surface area contributed by atoms with Crippen LogP contribution in [0.1, 0.15) is 12.0 Å². The summed E-state index contributed by atoms with van der Waals surface area (Å²) < 4.78 is 0.475. The molecule has 1 aliphatic heterocycles. The van der Waals surface area contributed by atoms with E-state index >= 15 is 0 Å². The van der Waals surface area contributed by atoms with Crippen molar-refractivity contribution in [3.05, 3.63) is 95.4 Å². The normalized spacial score (nSPS) is 14.8. The molecule has 4 rings (SSSR count). The van der Waals surface area contributed by atoms with Crippen LogP contribution in [-0.2, 0) is 9.59 Å². The number of hydrogen-bond acceptors (Lipinski definition) is 4. The second-order valence-electron chi connectivity index (χ2n) is 6.99. The van der Waals surface area contributed by atoms with Crippen molar-refractivity contribution in [2.75, 3.05) is 11.9 Å². The summed E-state index contributed by atoms with van der Waals surface area (Å²) in [6, 6.07) is 27.4. The Morgan fingerprint density at radius 3 is 2.35 bits per heavy atom. The number of anilines is 1. The molecule has 3 aromatic rings. The highest BCUT2D eigenvalue weighted by molar-refractivity contribution is 8.26. The molecule has 6 heteroatoms. The predicted molar refractivity (Wildman–Crippen MR) is 131 cm³/mol. The van der Waals surface area contributed by atoms with Crippen LogP contribution in [0.2, 0.25) is 0 Å².